The van der Waals surface area contributed by atoms with Crippen molar-refractivity contribution in [3.05, 3.63) is 60.6 Å². The van der Waals surface area contributed by atoms with Crippen LogP contribution < -0.4 is 15.0 Å². The standard InChI is InChI=1S/C22H25N5O3/c1-29-18-5-2-4-17(14-18)20-7-8-21(25-24-20)26-9-11-27(12-10-26)22(28)16-23-15-19-6-3-13-30-19/h2-8,13-14,23H,9-12,15-16H2,1H3. The fraction of sp³-hybridized carbons (Fsp3) is 0.318. The number of piperazine rings is 1. The molecule has 1 N–H and O–H groups in total. The van der Waals surface area contributed by atoms with E-state index in [1.54, 1.807) is 13.4 Å². The second-order valence-corrected chi connectivity index (χ2v) is 7.06. The van der Waals surface area contributed by atoms with Crippen LogP contribution in [0.3, 0.4) is 0 Å². The lowest BCUT2D eigenvalue weighted by molar-refractivity contribution is -0.130. The van der Waals surface area contributed by atoms with E-state index in [4.69, 9.17) is 9.15 Å². The lowest BCUT2D eigenvalue weighted by atomic mass is 10.1. The van der Waals surface area contributed by atoms with E-state index in [-0.39, 0.29) is 5.91 Å². The maximum Gasteiger partial charge on any atom is 0.236 e. The number of carbonyl (C=O) groups excluding carboxylic acids is 1. The molecule has 0 saturated carbocycles. The van der Waals surface area contributed by atoms with Crippen molar-refractivity contribution in [3.63, 3.8) is 0 Å². The predicted molar refractivity (Wildman–Crippen MR) is 113 cm³/mol. The summed E-state index contributed by atoms with van der Waals surface area (Å²) in [5.41, 5.74) is 1.76. The first-order valence-corrected chi connectivity index (χ1v) is 9.97. The van der Waals surface area contributed by atoms with Crippen molar-refractivity contribution in [3.8, 4) is 17.0 Å². The van der Waals surface area contributed by atoms with Crippen molar-refractivity contribution in [1.29, 1.82) is 0 Å². The summed E-state index contributed by atoms with van der Waals surface area (Å²) < 4.78 is 10.5. The van der Waals surface area contributed by atoms with Gasteiger partial charge in [0.15, 0.2) is 5.82 Å². The summed E-state index contributed by atoms with van der Waals surface area (Å²) in [5.74, 6) is 2.53. The number of rotatable bonds is 7. The number of furan rings is 1. The summed E-state index contributed by atoms with van der Waals surface area (Å²) >= 11 is 0. The second kappa shape index (κ2) is 9.41. The van der Waals surface area contributed by atoms with E-state index in [0.29, 0.717) is 26.2 Å². The zero-order valence-corrected chi connectivity index (χ0v) is 17.0. The highest BCUT2D eigenvalue weighted by Crippen LogP contribution is 2.23. The number of aromatic nitrogens is 2. The van der Waals surface area contributed by atoms with Crippen LogP contribution in [0.2, 0.25) is 0 Å². The molecular formula is C22H25N5O3. The molecule has 2 aromatic heterocycles. The Labute approximate surface area is 175 Å². The number of carbonyl (C=O) groups is 1. The number of anilines is 1. The molecule has 0 atom stereocenters. The van der Waals surface area contributed by atoms with E-state index in [1.165, 1.54) is 0 Å². The SMILES string of the molecule is COc1cccc(-c2ccc(N3CCN(C(=O)CNCc4ccco4)CC3)nn2)c1. The lowest BCUT2D eigenvalue weighted by Gasteiger charge is -2.35. The molecule has 4 rings (SSSR count). The highest BCUT2D eigenvalue weighted by atomic mass is 16.5. The van der Waals surface area contributed by atoms with E-state index in [9.17, 15) is 4.79 Å². The van der Waals surface area contributed by atoms with Gasteiger partial charge in [-0.15, -0.1) is 10.2 Å². The monoisotopic (exact) mass is 407 g/mol. The summed E-state index contributed by atoms with van der Waals surface area (Å²) in [5, 5.41) is 11.9. The summed E-state index contributed by atoms with van der Waals surface area (Å²) in [6.45, 7) is 3.65. The van der Waals surface area contributed by atoms with Gasteiger partial charge in [0.2, 0.25) is 5.91 Å². The molecule has 1 aliphatic heterocycles. The molecule has 1 aromatic carbocycles. The molecule has 0 spiro atoms. The number of ether oxygens (including phenoxy) is 1. The van der Waals surface area contributed by atoms with Gasteiger partial charge in [-0.1, -0.05) is 12.1 Å². The number of hydrogen-bond acceptors (Lipinski definition) is 7. The Hall–Kier alpha value is -3.39. The Morgan fingerprint density at radius 2 is 1.97 bits per heavy atom. The van der Waals surface area contributed by atoms with Gasteiger partial charge in [-0.05, 0) is 36.4 Å². The van der Waals surface area contributed by atoms with Crippen molar-refractivity contribution >= 4 is 11.7 Å². The molecule has 0 aliphatic carbocycles. The van der Waals surface area contributed by atoms with Gasteiger partial charge >= 0.3 is 0 Å². The first-order valence-electron chi connectivity index (χ1n) is 9.97. The third kappa shape index (κ3) is 4.77. The fourth-order valence-electron chi connectivity index (χ4n) is 3.43. The molecule has 8 nitrogen and oxygen atoms in total. The van der Waals surface area contributed by atoms with Crippen molar-refractivity contribution in [2.75, 3.05) is 44.7 Å². The van der Waals surface area contributed by atoms with Gasteiger partial charge in [-0.3, -0.25) is 4.79 Å². The lowest BCUT2D eigenvalue weighted by Crippen LogP contribution is -2.51. The Morgan fingerprint density at radius 1 is 1.10 bits per heavy atom. The fourth-order valence-corrected chi connectivity index (χ4v) is 3.43. The number of hydrogen-bond donors (Lipinski definition) is 1. The Bertz CT molecular complexity index is 951. The first kappa shape index (κ1) is 19.9. The summed E-state index contributed by atoms with van der Waals surface area (Å²) in [4.78, 5) is 16.4. The first-order chi connectivity index (χ1) is 14.7. The number of nitrogens with one attached hydrogen (secondary N) is 1. The van der Waals surface area contributed by atoms with Crippen LogP contribution in [0.4, 0.5) is 5.82 Å². The van der Waals surface area contributed by atoms with E-state index in [1.807, 2.05) is 53.4 Å². The van der Waals surface area contributed by atoms with Gasteiger partial charge in [0, 0.05) is 31.7 Å². The summed E-state index contributed by atoms with van der Waals surface area (Å²) in [6, 6.07) is 15.4. The zero-order valence-electron chi connectivity index (χ0n) is 17.0. The number of nitrogens with zero attached hydrogens (tertiary/aromatic N) is 4. The Balaban J connectivity index is 1.27. The van der Waals surface area contributed by atoms with E-state index < -0.39 is 0 Å². The van der Waals surface area contributed by atoms with E-state index >= 15 is 0 Å². The van der Waals surface area contributed by atoms with Gasteiger partial charge in [0.05, 0.1) is 32.2 Å². The summed E-state index contributed by atoms with van der Waals surface area (Å²) in [7, 11) is 1.65. The van der Waals surface area contributed by atoms with E-state index in [2.05, 4.69) is 20.4 Å². The van der Waals surface area contributed by atoms with Crippen LogP contribution in [-0.4, -0.2) is 60.8 Å². The van der Waals surface area contributed by atoms with Gasteiger partial charge < -0.3 is 24.3 Å². The normalized spacial score (nSPS) is 14.0. The summed E-state index contributed by atoms with van der Waals surface area (Å²) in [6.07, 6.45) is 1.63. The average Bonchev–Trinajstić information content (AvgIpc) is 3.33. The van der Waals surface area contributed by atoms with Crippen LogP contribution in [0.25, 0.3) is 11.3 Å². The zero-order chi connectivity index (χ0) is 20.8. The molecule has 1 saturated heterocycles. The molecule has 3 aromatic rings. The van der Waals surface area contributed by atoms with Crippen molar-refractivity contribution in [1.82, 2.24) is 20.4 Å². The highest BCUT2D eigenvalue weighted by Gasteiger charge is 2.22. The predicted octanol–water partition coefficient (Wildman–Crippen LogP) is 2.18. The molecule has 1 amide bonds. The van der Waals surface area contributed by atoms with E-state index in [0.717, 1.165) is 41.7 Å². The van der Waals surface area contributed by atoms with Crippen LogP contribution in [-0.2, 0) is 11.3 Å². The molecule has 30 heavy (non-hydrogen) atoms. The molecule has 0 bridgehead atoms. The minimum absolute atomic E-state index is 0.0978. The minimum Gasteiger partial charge on any atom is -0.497 e. The molecule has 156 valence electrons. The molecule has 0 radical (unpaired) electrons. The van der Waals surface area contributed by atoms with Crippen LogP contribution >= 0.6 is 0 Å². The topological polar surface area (TPSA) is 83.7 Å². The maximum absolute atomic E-state index is 12.4. The van der Waals surface area contributed by atoms with Crippen LogP contribution in [0.5, 0.6) is 5.75 Å². The van der Waals surface area contributed by atoms with Gasteiger partial charge in [0.25, 0.3) is 0 Å². The maximum atomic E-state index is 12.4. The molecule has 0 unspecified atom stereocenters. The molecule has 1 fully saturated rings. The molecule has 3 heterocycles. The van der Waals surface area contributed by atoms with Crippen LogP contribution in [0.1, 0.15) is 5.76 Å². The smallest absolute Gasteiger partial charge is 0.236 e. The quantitative estimate of drug-likeness (QED) is 0.643. The Kier molecular flexibility index (Phi) is 6.24. The molecule has 8 heteroatoms. The number of methoxy groups -OCH3 is 1. The third-order valence-corrected chi connectivity index (χ3v) is 5.13. The molecular weight excluding hydrogens is 382 g/mol. The highest BCUT2D eigenvalue weighted by molar-refractivity contribution is 5.78. The van der Waals surface area contributed by atoms with Gasteiger partial charge in [-0.25, -0.2) is 0 Å². The second-order valence-electron chi connectivity index (χ2n) is 7.06. The van der Waals surface area contributed by atoms with Gasteiger partial charge in [-0.2, -0.15) is 0 Å². The number of benzene rings is 1. The Morgan fingerprint density at radius 3 is 2.67 bits per heavy atom. The van der Waals surface area contributed by atoms with Crippen LogP contribution in [0.15, 0.2) is 59.2 Å². The van der Waals surface area contributed by atoms with Crippen molar-refractivity contribution in [2.45, 2.75) is 6.54 Å². The van der Waals surface area contributed by atoms with Crippen molar-refractivity contribution < 1.29 is 13.9 Å². The third-order valence-electron chi connectivity index (χ3n) is 5.13. The minimum atomic E-state index is 0.0978. The van der Waals surface area contributed by atoms with Gasteiger partial charge in [0.1, 0.15) is 11.5 Å². The van der Waals surface area contributed by atoms with Crippen LogP contribution in [0, 0.1) is 0 Å². The largest absolute Gasteiger partial charge is 0.497 e. The number of amides is 1. The molecule has 1 aliphatic rings. The average molecular weight is 407 g/mol. The van der Waals surface area contributed by atoms with Crippen molar-refractivity contribution in [2.24, 2.45) is 0 Å².